The van der Waals surface area contributed by atoms with E-state index in [1.807, 2.05) is 25.9 Å². The van der Waals surface area contributed by atoms with Crippen LogP contribution in [0.1, 0.15) is 45.1 Å². The number of piperidine rings is 1. The Labute approximate surface area is 244 Å². The highest BCUT2D eigenvalue weighted by Gasteiger charge is 2.44. The number of nitrogens with zero attached hydrogens (tertiary/aromatic N) is 5. The molecule has 1 atom stereocenters. The van der Waals surface area contributed by atoms with Crippen LogP contribution in [0.4, 0.5) is 14.6 Å². The third-order valence-electron chi connectivity index (χ3n) is 8.50. The molecule has 0 radical (unpaired) electrons. The van der Waals surface area contributed by atoms with Gasteiger partial charge in [-0.1, -0.05) is 13.0 Å². The van der Waals surface area contributed by atoms with Crippen LogP contribution in [0.3, 0.4) is 0 Å². The zero-order valence-corrected chi connectivity index (χ0v) is 24.5. The molecule has 42 heavy (non-hydrogen) atoms. The summed E-state index contributed by atoms with van der Waals surface area (Å²) in [4.78, 5) is 17.8. The summed E-state index contributed by atoms with van der Waals surface area (Å²) < 4.78 is 37.7. The topological polar surface area (TPSA) is 94.8 Å². The van der Waals surface area contributed by atoms with Crippen molar-refractivity contribution in [1.82, 2.24) is 19.9 Å². The first-order chi connectivity index (χ1) is 20.0. The molecule has 8 nitrogen and oxygen atoms in total. The Morgan fingerprint density at radius 3 is 2.60 bits per heavy atom. The van der Waals surface area contributed by atoms with Crippen LogP contribution >= 0.6 is 0 Å². The fraction of sp³-hybridized carbons (Fsp3) is 0.469. The molecule has 2 fully saturated rings. The molecular formula is C32H37F2N5O3. The Balaban J connectivity index is 1.52. The van der Waals surface area contributed by atoms with Crippen molar-refractivity contribution in [2.45, 2.75) is 51.6 Å². The van der Waals surface area contributed by atoms with Gasteiger partial charge in [-0.2, -0.15) is 9.97 Å². The first-order valence-electron chi connectivity index (χ1n) is 14.5. The number of hydrogen-bond acceptors (Lipinski definition) is 8. The highest BCUT2D eigenvalue weighted by atomic mass is 19.1. The summed E-state index contributed by atoms with van der Waals surface area (Å²) in [6.07, 6.45) is 5.36. The first kappa shape index (κ1) is 28.5. The highest BCUT2D eigenvalue weighted by molar-refractivity contribution is 6.01. The minimum atomic E-state index is -0.923. The molecule has 2 aromatic heterocycles. The van der Waals surface area contributed by atoms with Crippen LogP contribution in [0, 0.1) is 17.0 Å². The van der Waals surface area contributed by atoms with Crippen LogP contribution in [0.15, 0.2) is 30.5 Å². The van der Waals surface area contributed by atoms with Gasteiger partial charge < -0.3 is 24.7 Å². The lowest BCUT2D eigenvalue weighted by molar-refractivity contribution is 0.0447. The summed E-state index contributed by atoms with van der Waals surface area (Å²) >= 11 is 0. The average molecular weight is 578 g/mol. The Bertz CT molecular complexity index is 1670. The minimum absolute atomic E-state index is 0.0137. The van der Waals surface area contributed by atoms with E-state index in [1.54, 1.807) is 13.0 Å². The molecule has 1 aliphatic heterocycles. The van der Waals surface area contributed by atoms with Crippen molar-refractivity contribution in [1.29, 1.82) is 0 Å². The van der Waals surface area contributed by atoms with Crippen molar-refractivity contribution in [3.05, 3.63) is 47.7 Å². The molecule has 10 heteroatoms. The summed E-state index contributed by atoms with van der Waals surface area (Å²) in [6, 6.07) is 5.94. The SMILES string of the molecule is CCc1c(F)ccc2cc(O)cc(-c3ncc4c(N5CCC[C@@](C)(O)C5)nc(OCC5(CN(C)C)CC5)nc4c3F)c12. The Hall–Kier alpha value is -3.63. The number of pyridine rings is 1. The number of fused-ring (bicyclic) bond motifs is 2. The molecule has 2 aliphatic rings. The molecule has 0 amide bonds. The Morgan fingerprint density at radius 1 is 1.12 bits per heavy atom. The number of phenolic OH excluding ortho intramolecular Hbond substituents is 1. The van der Waals surface area contributed by atoms with Gasteiger partial charge in [-0.3, -0.25) is 4.98 Å². The maximum absolute atomic E-state index is 16.6. The van der Waals surface area contributed by atoms with Crippen LogP contribution < -0.4 is 9.64 Å². The van der Waals surface area contributed by atoms with Crippen molar-refractivity contribution in [2.75, 3.05) is 45.2 Å². The third kappa shape index (κ3) is 5.33. The van der Waals surface area contributed by atoms with Crippen LogP contribution in [0.25, 0.3) is 32.9 Å². The van der Waals surface area contributed by atoms with Gasteiger partial charge in [-0.25, -0.2) is 8.78 Å². The van der Waals surface area contributed by atoms with E-state index in [-0.39, 0.29) is 33.9 Å². The molecule has 0 unspecified atom stereocenters. The zero-order chi connectivity index (χ0) is 29.8. The predicted molar refractivity (Wildman–Crippen MR) is 159 cm³/mol. The van der Waals surface area contributed by atoms with Crippen molar-refractivity contribution in [3.63, 3.8) is 0 Å². The Morgan fingerprint density at radius 2 is 1.90 bits per heavy atom. The number of aliphatic hydroxyl groups is 1. The minimum Gasteiger partial charge on any atom is -0.508 e. The number of rotatable bonds is 8. The number of hydrogen-bond donors (Lipinski definition) is 2. The van der Waals surface area contributed by atoms with Crippen molar-refractivity contribution in [2.24, 2.45) is 5.41 Å². The van der Waals surface area contributed by atoms with Crippen molar-refractivity contribution >= 4 is 27.5 Å². The number of aryl methyl sites for hydroxylation is 1. The zero-order valence-electron chi connectivity index (χ0n) is 24.5. The molecule has 6 rings (SSSR count). The van der Waals surface area contributed by atoms with Crippen LogP contribution in [0.5, 0.6) is 11.8 Å². The van der Waals surface area contributed by atoms with Gasteiger partial charge in [0.05, 0.1) is 17.6 Å². The third-order valence-corrected chi connectivity index (χ3v) is 8.50. The number of phenols is 1. The lowest BCUT2D eigenvalue weighted by atomic mass is 9.94. The molecule has 1 saturated carbocycles. The molecule has 0 bridgehead atoms. The predicted octanol–water partition coefficient (Wildman–Crippen LogP) is 5.46. The molecule has 0 spiro atoms. The molecule has 1 aliphatic carbocycles. The number of ether oxygens (including phenoxy) is 1. The molecule has 4 aromatic rings. The van der Waals surface area contributed by atoms with Gasteiger partial charge in [-0.15, -0.1) is 0 Å². The summed E-state index contributed by atoms with van der Waals surface area (Å²) in [5.74, 6) is -0.739. The first-order valence-corrected chi connectivity index (χ1v) is 14.5. The largest absolute Gasteiger partial charge is 0.508 e. The van der Waals surface area contributed by atoms with E-state index < -0.39 is 17.2 Å². The Kier molecular flexibility index (Phi) is 7.17. The fourth-order valence-electron chi connectivity index (χ4n) is 6.36. The van der Waals surface area contributed by atoms with Crippen LogP contribution in [0.2, 0.25) is 0 Å². The summed E-state index contributed by atoms with van der Waals surface area (Å²) in [7, 11) is 4.05. The lowest BCUT2D eigenvalue weighted by Gasteiger charge is -2.37. The molecule has 2 N–H and O–H groups in total. The fourth-order valence-corrected chi connectivity index (χ4v) is 6.36. The van der Waals surface area contributed by atoms with Gasteiger partial charge in [0.2, 0.25) is 0 Å². The second kappa shape index (κ2) is 10.6. The smallest absolute Gasteiger partial charge is 0.319 e. The molecule has 2 aromatic carbocycles. The maximum Gasteiger partial charge on any atom is 0.319 e. The second-order valence-electron chi connectivity index (χ2n) is 12.5. The van der Waals surface area contributed by atoms with E-state index >= 15 is 4.39 Å². The van der Waals surface area contributed by atoms with Crippen LogP contribution in [-0.2, 0) is 6.42 Å². The molecule has 222 valence electrons. The lowest BCUT2D eigenvalue weighted by Crippen LogP contribution is -2.46. The molecule has 3 heterocycles. The number of aromatic nitrogens is 3. The summed E-state index contributed by atoms with van der Waals surface area (Å²) in [5, 5.41) is 22.8. The van der Waals surface area contributed by atoms with E-state index in [4.69, 9.17) is 9.72 Å². The van der Waals surface area contributed by atoms with E-state index in [2.05, 4.69) is 14.9 Å². The van der Waals surface area contributed by atoms with E-state index in [0.717, 1.165) is 25.8 Å². The standard InChI is InChI=1S/C32H37F2N5O3/c1-5-21-24(33)8-7-19-13-20(40)14-22(25(19)21)27-26(34)28-23(15-35-27)29(39-12-6-9-31(2,41)16-39)37-30(36-28)42-18-32(10-11-32)17-38(3)4/h7-8,13-15,40-41H,5-6,9-12,16-18H2,1-4H3/t31-/m1/s1. The number of aromatic hydroxyl groups is 1. The van der Waals surface area contributed by atoms with Crippen LogP contribution in [-0.4, -0.2) is 76.0 Å². The normalized spacial score (nSPS) is 20.0. The van der Waals surface area contributed by atoms with E-state index in [1.165, 1.54) is 24.4 Å². The number of halogens is 2. The molecular weight excluding hydrogens is 540 g/mol. The van der Waals surface area contributed by atoms with Crippen molar-refractivity contribution in [3.8, 4) is 23.0 Å². The quantitative estimate of drug-likeness (QED) is 0.285. The summed E-state index contributed by atoms with van der Waals surface area (Å²) in [6.45, 7) is 5.84. The number of β-amino-alcohol motifs (C(OH)–C–C–N with tert-alkyl or cyclic N) is 1. The van der Waals surface area contributed by atoms with Gasteiger partial charge >= 0.3 is 6.01 Å². The van der Waals surface area contributed by atoms with E-state index in [0.29, 0.717) is 60.1 Å². The van der Waals surface area contributed by atoms with E-state index in [9.17, 15) is 14.6 Å². The van der Waals surface area contributed by atoms with Gasteiger partial charge in [0, 0.05) is 36.8 Å². The summed E-state index contributed by atoms with van der Waals surface area (Å²) in [5.41, 5.74) is -0.230. The van der Waals surface area contributed by atoms with Gasteiger partial charge in [0.15, 0.2) is 5.82 Å². The van der Waals surface area contributed by atoms with Gasteiger partial charge in [0.1, 0.15) is 28.6 Å². The second-order valence-corrected chi connectivity index (χ2v) is 12.5. The van der Waals surface area contributed by atoms with Crippen molar-refractivity contribution < 1.29 is 23.7 Å². The number of anilines is 1. The van der Waals surface area contributed by atoms with Gasteiger partial charge in [0.25, 0.3) is 0 Å². The highest BCUT2D eigenvalue weighted by Crippen LogP contribution is 2.46. The van der Waals surface area contributed by atoms with Gasteiger partial charge in [-0.05, 0) is 87.7 Å². The average Bonchev–Trinajstić information content (AvgIpc) is 3.70. The number of benzene rings is 2. The monoisotopic (exact) mass is 577 g/mol. The maximum atomic E-state index is 16.6. The molecule has 1 saturated heterocycles.